The van der Waals surface area contributed by atoms with E-state index in [-0.39, 0.29) is 24.0 Å². The number of aromatic nitrogens is 1. The molecule has 152 valence electrons. The average molecular weight is 537 g/mol. The van der Waals surface area contributed by atoms with Gasteiger partial charge in [0.25, 0.3) is 0 Å². The number of ether oxygens (including phenoxy) is 2. The van der Waals surface area contributed by atoms with E-state index in [1.165, 1.54) is 6.42 Å². The van der Waals surface area contributed by atoms with Gasteiger partial charge in [0, 0.05) is 29.6 Å². The predicted molar refractivity (Wildman–Crippen MR) is 119 cm³/mol. The number of fused-ring (bicyclic) bond motifs is 2. The number of benzene rings is 1. The lowest BCUT2D eigenvalue weighted by Gasteiger charge is -2.23. The molecule has 2 heterocycles. The summed E-state index contributed by atoms with van der Waals surface area (Å²) in [4.78, 5) is 0. The third-order valence-corrected chi connectivity index (χ3v) is 6.59. The van der Waals surface area contributed by atoms with Crippen molar-refractivity contribution in [1.82, 2.24) is 10.5 Å². The van der Waals surface area contributed by atoms with Gasteiger partial charge >= 0.3 is 0 Å². The summed E-state index contributed by atoms with van der Waals surface area (Å²) in [6, 6.07) is 4.11. The van der Waals surface area contributed by atoms with Crippen molar-refractivity contribution in [2.75, 3.05) is 13.7 Å². The van der Waals surface area contributed by atoms with Crippen LogP contribution in [0.4, 0.5) is 0 Å². The number of nitrogens with zero attached hydrogens (tertiary/aromatic N) is 1. The minimum Gasteiger partial charge on any atom is -0.497 e. The average Bonchev–Trinajstić information content (AvgIpc) is 3.09. The van der Waals surface area contributed by atoms with Crippen molar-refractivity contribution < 1.29 is 14.0 Å². The number of hydrogen-bond donors (Lipinski definition) is 1. The zero-order valence-electron chi connectivity index (χ0n) is 15.5. The summed E-state index contributed by atoms with van der Waals surface area (Å²) in [6.07, 6.45) is 4.85. The van der Waals surface area contributed by atoms with Crippen LogP contribution < -0.4 is 10.1 Å². The van der Waals surface area contributed by atoms with Crippen molar-refractivity contribution in [3.63, 3.8) is 0 Å². The summed E-state index contributed by atoms with van der Waals surface area (Å²) in [7, 11) is 1.59. The Morgan fingerprint density at radius 3 is 2.54 bits per heavy atom. The lowest BCUT2D eigenvalue weighted by molar-refractivity contribution is 0.00914. The third-order valence-electron chi connectivity index (χ3n) is 6.00. The summed E-state index contributed by atoms with van der Waals surface area (Å²) < 4.78 is 17.3. The molecule has 28 heavy (non-hydrogen) atoms. The van der Waals surface area contributed by atoms with Crippen LogP contribution in [-0.4, -0.2) is 31.0 Å². The molecule has 5 nitrogen and oxygen atoms in total. The van der Waals surface area contributed by atoms with Crippen molar-refractivity contribution in [2.24, 2.45) is 5.92 Å². The molecular weight excluding hydrogens is 514 g/mol. The van der Waals surface area contributed by atoms with Crippen molar-refractivity contribution >= 4 is 47.2 Å². The molecule has 1 N–H and O–H groups in total. The minimum absolute atomic E-state index is 0. The first-order valence-electron chi connectivity index (χ1n) is 9.51. The second-order valence-electron chi connectivity index (χ2n) is 7.80. The molecular formula is C20H23Cl2IN2O3. The van der Waals surface area contributed by atoms with Gasteiger partial charge in [0.15, 0.2) is 0 Å². The number of nitrogens with one attached hydrogen (secondary N) is 1. The number of methoxy groups -OCH3 is 1. The molecule has 8 heteroatoms. The Hall–Kier alpha value is -0.540. The molecule has 1 saturated heterocycles. The lowest BCUT2D eigenvalue weighted by atomic mass is 10.0. The predicted octanol–water partition coefficient (Wildman–Crippen LogP) is 5.42. The summed E-state index contributed by atoms with van der Waals surface area (Å²) in [6.45, 7) is 1.54. The summed E-state index contributed by atoms with van der Waals surface area (Å²) in [5, 5.41) is 8.87. The van der Waals surface area contributed by atoms with E-state index in [4.69, 9.17) is 37.2 Å². The Bertz CT molecular complexity index is 848. The van der Waals surface area contributed by atoms with E-state index in [2.05, 4.69) is 10.5 Å². The molecule has 5 rings (SSSR count). The van der Waals surface area contributed by atoms with Crippen molar-refractivity contribution in [3.8, 4) is 17.0 Å². The zero-order chi connectivity index (χ0) is 18.5. The van der Waals surface area contributed by atoms with E-state index < -0.39 is 0 Å². The first-order chi connectivity index (χ1) is 13.1. The smallest absolute Gasteiger partial charge is 0.145 e. The van der Waals surface area contributed by atoms with Crippen LogP contribution in [0.2, 0.25) is 10.0 Å². The van der Waals surface area contributed by atoms with Gasteiger partial charge in [-0.15, -0.1) is 24.0 Å². The molecule has 0 spiro atoms. The summed E-state index contributed by atoms with van der Waals surface area (Å²) >= 11 is 13.0. The largest absolute Gasteiger partial charge is 0.497 e. The van der Waals surface area contributed by atoms with Crippen LogP contribution >= 0.6 is 47.2 Å². The molecule has 2 aliphatic carbocycles. The van der Waals surface area contributed by atoms with Crippen LogP contribution in [0.3, 0.4) is 0 Å². The highest BCUT2D eigenvalue weighted by Crippen LogP contribution is 2.47. The van der Waals surface area contributed by atoms with Crippen molar-refractivity contribution in [2.45, 2.75) is 50.4 Å². The van der Waals surface area contributed by atoms with Gasteiger partial charge in [0.2, 0.25) is 0 Å². The fourth-order valence-electron chi connectivity index (χ4n) is 4.40. The molecule has 1 aromatic heterocycles. The topological polar surface area (TPSA) is 56.5 Å². The second kappa shape index (κ2) is 8.30. The second-order valence-corrected chi connectivity index (χ2v) is 8.61. The molecule has 0 unspecified atom stereocenters. The van der Waals surface area contributed by atoms with Gasteiger partial charge in [-0.2, -0.15) is 0 Å². The standard InChI is InChI=1S/C20H22Cl2N2O3.HI/c1-25-13-6-15(21)18(16(22)7-13)19-14(20(27-24-19)10-2-3-10)9-26-17-5-12-4-11(17)8-23-12;/h6-7,10-12,17,23H,2-5,8-9H2,1H3;1H/t11-,12-,17+;/m0./s1. The van der Waals surface area contributed by atoms with Gasteiger partial charge in [-0.3, -0.25) is 0 Å². The van der Waals surface area contributed by atoms with Gasteiger partial charge in [-0.05, 0) is 43.7 Å². The Morgan fingerprint density at radius 1 is 1.21 bits per heavy atom. The molecule has 2 aromatic rings. The molecule has 1 aliphatic heterocycles. The first kappa shape index (κ1) is 20.7. The molecule has 3 aliphatic rings. The highest BCUT2D eigenvalue weighted by molar-refractivity contribution is 14.0. The summed E-state index contributed by atoms with van der Waals surface area (Å²) in [5.74, 6) is 2.58. The van der Waals surface area contributed by atoms with Crippen molar-refractivity contribution in [3.05, 3.63) is 33.5 Å². The van der Waals surface area contributed by atoms with E-state index in [0.29, 0.717) is 57.6 Å². The highest BCUT2D eigenvalue weighted by Gasteiger charge is 2.41. The number of rotatable bonds is 6. The maximum atomic E-state index is 6.51. The van der Waals surface area contributed by atoms with Gasteiger partial charge in [-0.25, -0.2) is 0 Å². The molecule has 0 radical (unpaired) electrons. The fraction of sp³-hybridized carbons (Fsp3) is 0.550. The van der Waals surface area contributed by atoms with Crippen molar-refractivity contribution in [1.29, 1.82) is 0 Å². The minimum atomic E-state index is 0. The van der Waals surface area contributed by atoms with E-state index in [1.54, 1.807) is 19.2 Å². The number of piperidine rings is 1. The van der Waals surface area contributed by atoms with Crippen LogP contribution in [-0.2, 0) is 11.3 Å². The molecule has 3 atom stereocenters. The molecule has 3 fully saturated rings. The van der Waals surface area contributed by atoms with Crippen LogP contribution in [0.1, 0.15) is 42.9 Å². The number of hydrogen-bond acceptors (Lipinski definition) is 5. The molecule has 2 saturated carbocycles. The first-order valence-corrected chi connectivity index (χ1v) is 10.3. The van der Waals surface area contributed by atoms with Gasteiger partial charge < -0.3 is 19.3 Å². The van der Waals surface area contributed by atoms with Crippen LogP contribution in [0.5, 0.6) is 5.75 Å². The maximum Gasteiger partial charge on any atom is 0.145 e. The molecule has 2 bridgehead atoms. The van der Waals surface area contributed by atoms with Crippen LogP contribution in [0, 0.1) is 5.92 Å². The van der Waals surface area contributed by atoms with E-state index >= 15 is 0 Å². The summed E-state index contributed by atoms with van der Waals surface area (Å²) in [5.41, 5.74) is 2.36. The van der Waals surface area contributed by atoms with E-state index in [0.717, 1.165) is 37.1 Å². The van der Waals surface area contributed by atoms with Crippen LogP contribution in [0.15, 0.2) is 16.7 Å². The zero-order valence-corrected chi connectivity index (χ0v) is 19.4. The quantitative estimate of drug-likeness (QED) is 0.500. The SMILES string of the molecule is COc1cc(Cl)c(-c2noc(C3CC3)c2CO[C@@H]2C[C@@H]3C[C@H]2CN3)c(Cl)c1.I. The Kier molecular flexibility index (Phi) is 6.14. The number of halogens is 3. The van der Waals surface area contributed by atoms with Crippen LogP contribution in [0.25, 0.3) is 11.3 Å². The monoisotopic (exact) mass is 536 g/mol. The highest BCUT2D eigenvalue weighted by atomic mass is 127. The van der Waals surface area contributed by atoms with E-state index in [1.807, 2.05) is 0 Å². The Morgan fingerprint density at radius 2 is 1.96 bits per heavy atom. The third kappa shape index (κ3) is 3.78. The Labute approximate surface area is 191 Å². The van der Waals surface area contributed by atoms with Gasteiger partial charge in [0.05, 0.1) is 29.9 Å². The Balaban J connectivity index is 0.00000192. The molecule has 1 aromatic carbocycles. The van der Waals surface area contributed by atoms with Gasteiger partial charge in [0.1, 0.15) is 17.2 Å². The van der Waals surface area contributed by atoms with Gasteiger partial charge in [-0.1, -0.05) is 28.4 Å². The van der Waals surface area contributed by atoms with E-state index in [9.17, 15) is 0 Å². The lowest BCUT2D eigenvalue weighted by Crippen LogP contribution is -2.34. The maximum absolute atomic E-state index is 6.51. The normalized spacial score (nSPS) is 25.8. The molecule has 0 amide bonds. The fourth-order valence-corrected chi connectivity index (χ4v) is 5.04.